The van der Waals surface area contributed by atoms with Gasteiger partial charge in [0.25, 0.3) is 0 Å². The average Bonchev–Trinajstić information content (AvgIpc) is 3.04. The first-order chi connectivity index (χ1) is 13.2. The highest BCUT2D eigenvalue weighted by molar-refractivity contribution is 7.15. The summed E-state index contributed by atoms with van der Waals surface area (Å²) in [7, 11) is 0. The van der Waals surface area contributed by atoms with Gasteiger partial charge in [0, 0.05) is 35.5 Å². The third kappa shape index (κ3) is 5.23. The molecule has 1 aromatic carbocycles. The SMILES string of the molecule is O=C(CN1CCCCC1=O)Nc1ncc(Cc2cc(C(F)(F)F)ccc2Cl)s1. The van der Waals surface area contributed by atoms with Gasteiger partial charge in [0.05, 0.1) is 12.1 Å². The number of benzene rings is 1. The van der Waals surface area contributed by atoms with E-state index in [4.69, 9.17) is 11.6 Å². The van der Waals surface area contributed by atoms with E-state index in [1.807, 2.05) is 0 Å². The molecular weight excluding hydrogens is 415 g/mol. The highest BCUT2D eigenvalue weighted by Crippen LogP contribution is 2.33. The van der Waals surface area contributed by atoms with Gasteiger partial charge in [0.1, 0.15) is 0 Å². The Bertz CT molecular complexity index is 885. The summed E-state index contributed by atoms with van der Waals surface area (Å²) in [6, 6.07) is 3.17. The van der Waals surface area contributed by atoms with Crippen LogP contribution in [0.15, 0.2) is 24.4 Å². The molecule has 2 aromatic rings. The van der Waals surface area contributed by atoms with Gasteiger partial charge in [-0.15, -0.1) is 11.3 Å². The second-order valence-electron chi connectivity index (χ2n) is 6.43. The van der Waals surface area contributed by atoms with Crippen molar-refractivity contribution in [2.45, 2.75) is 31.9 Å². The highest BCUT2D eigenvalue weighted by atomic mass is 35.5. The molecule has 1 fully saturated rings. The topological polar surface area (TPSA) is 62.3 Å². The number of carbonyl (C=O) groups excluding carboxylic acids is 2. The molecule has 0 atom stereocenters. The summed E-state index contributed by atoms with van der Waals surface area (Å²) in [6.45, 7) is 0.524. The second-order valence-corrected chi connectivity index (χ2v) is 7.96. The number of thiazole rings is 1. The number of carbonyl (C=O) groups is 2. The summed E-state index contributed by atoms with van der Waals surface area (Å²) in [5.74, 6) is -0.395. The van der Waals surface area contributed by atoms with E-state index in [9.17, 15) is 22.8 Å². The number of alkyl halides is 3. The van der Waals surface area contributed by atoms with Crippen LogP contribution < -0.4 is 5.32 Å². The molecule has 0 bridgehead atoms. The van der Waals surface area contributed by atoms with E-state index < -0.39 is 11.7 Å². The number of amides is 2. The van der Waals surface area contributed by atoms with E-state index in [0.717, 1.165) is 36.3 Å². The summed E-state index contributed by atoms with van der Waals surface area (Å²) in [5, 5.41) is 3.19. The molecule has 150 valence electrons. The van der Waals surface area contributed by atoms with E-state index in [1.54, 1.807) is 0 Å². The van der Waals surface area contributed by atoms with Crippen LogP contribution in [0.1, 0.15) is 35.3 Å². The maximum absolute atomic E-state index is 12.9. The van der Waals surface area contributed by atoms with Gasteiger partial charge in [-0.3, -0.25) is 9.59 Å². The molecule has 5 nitrogen and oxygen atoms in total. The Kier molecular flexibility index (Phi) is 6.24. The monoisotopic (exact) mass is 431 g/mol. The zero-order valence-corrected chi connectivity index (χ0v) is 16.3. The fourth-order valence-corrected chi connectivity index (χ4v) is 3.92. The number of rotatable bonds is 5. The van der Waals surface area contributed by atoms with Gasteiger partial charge in [0.15, 0.2) is 5.13 Å². The van der Waals surface area contributed by atoms with Gasteiger partial charge < -0.3 is 10.2 Å². The van der Waals surface area contributed by atoms with Gasteiger partial charge in [0.2, 0.25) is 11.8 Å². The van der Waals surface area contributed by atoms with Crippen LogP contribution >= 0.6 is 22.9 Å². The van der Waals surface area contributed by atoms with Crippen LogP contribution in [0, 0.1) is 0 Å². The maximum Gasteiger partial charge on any atom is 0.416 e. The van der Waals surface area contributed by atoms with Crippen LogP contribution in [0.2, 0.25) is 5.02 Å². The van der Waals surface area contributed by atoms with Gasteiger partial charge in [-0.25, -0.2) is 4.98 Å². The molecule has 2 heterocycles. The van der Waals surface area contributed by atoms with Gasteiger partial charge in [-0.2, -0.15) is 13.2 Å². The van der Waals surface area contributed by atoms with Gasteiger partial charge >= 0.3 is 6.18 Å². The third-order valence-corrected chi connectivity index (χ3v) is 5.57. The number of hydrogen-bond donors (Lipinski definition) is 1. The number of piperidine rings is 1. The lowest BCUT2D eigenvalue weighted by Crippen LogP contribution is -2.40. The molecule has 3 rings (SSSR count). The van der Waals surface area contributed by atoms with Crippen molar-refractivity contribution in [1.29, 1.82) is 0 Å². The molecule has 0 saturated carbocycles. The quantitative estimate of drug-likeness (QED) is 0.765. The zero-order chi connectivity index (χ0) is 20.3. The molecule has 0 unspecified atom stereocenters. The number of nitrogens with zero attached hydrogens (tertiary/aromatic N) is 2. The van der Waals surface area contributed by atoms with Gasteiger partial charge in [-0.1, -0.05) is 11.6 Å². The Morgan fingerprint density at radius 1 is 1.32 bits per heavy atom. The molecule has 28 heavy (non-hydrogen) atoms. The number of nitrogens with one attached hydrogen (secondary N) is 1. The summed E-state index contributed by atoms with van der Waals surface area (Å²) in [5.41, 5.74) is -0.437. The summed E-state index contributed by atoms with van der Waals surface area (Å²) >= 11 is 7.17. The molecule has 0 aliphatic carbocycles. The number of hydrogen-bond acceptors (Lipinski definition) is 4. The van der Waals surface area contributed by atoms with E-state index in [0.29, 0.717) is 28.5 Å². The molecule has 2 amide bonds. The smallest absolute Gasteiger partial charge is 0.333 e. The molecule has 1 saturated heterocycles. The second kappa shape index (κ2) is 8.48. The minimum absolute atomic E-state index is 0.0345. The molecule has 1 N–H and O–H groups in total. The Morgan fingerprint density at radius 2 is 2.11 bits per heavy atom. The predicted octanol–water partition coefficient (Wildman–Crippen LogP) is 4.36. The van der Waals surface area contributed by atoms with Crippen LogP contribution in [0.4, 0.5) is 18.3 Å². The fraction of sp³-hybridized carbons (Fsp3) is 0.389. The summed E-state index contributed by atoms with van der Waals surface area (Å²) in [4.78, 5) is 30.1. The highest BCUT2D eigenvalue weighted by Gasteiger charge is 2.31. The van der Waals surface area contributed by atoms with Crippen LogP contribution in [0.3, 0.4) is 0 Å². The molecule has 1 aliphatic rings. The first-order valence-electron chi connectivity index (χ1n) is 8.60. The first kappa shape index (κ1) is 20.6. The zero-order valence-electron chi connectivity index (χ0n) is 14.7. The van der Waals surface area contributed by atoms with E-state index >= 15 is 0 Å². The lowest BCUT2D eigenvalue weighted by molar-refractivity contribution is -0.137. The third-order valence-electron chi connectivity index (χ3n) is 4.29. The number of halogens is 4. The molecule has 10 heteroatoms. The first-order valence-corrected chi connectivity index (χ1v) is 9.80. The standard InChI is InChI=1S/C18H17ClF3N3O2S/c19-14-5-4-12(18(20,21)22)7-11(14)8-13-9-23-17(28-13)24-15(26)10-25-6-2-1-3-16(25)27/h4-5,7,9H,1-3,6,8,10H2,(H,23,24,26). The Balaban J connectivity index is 1.63. The summed E-state index contributed by atoms with van der Waals surface area (Å²) < 4.78 is 38.6. The lowest BCUT2D eigenvalue weighted by atomic mass is 10.1. The van der Waals surface area contributed by atoms with Crippen molar-refractivity contribution in [2.75, 3.05) is 18.4 Å². The fourth-order valence-electron chi connectivity index (χ4n) is 2.88. The minimum Gasteiger partial charge on any atom is -0.333 e. The number of likely N-dealkylation sites (tertiary alicyclic amines) is 1. The Morgan fingerprint density at radius 3 is 2.82 bits per heavy atom. The van der Waals surface area contributed by atoms with E-state index in [1.165, 1.54) is 17.2 Å². The van der Waals surface area contributed by atoms with Crippen LogP contribution in [0.5, 0.6) is 0 Å². The maximum atomic E-state index is 12.9. The molecule has 0 radical (unpaired) electrons. The van der Waals surface area contributed by atoms with E-state index in [2.05, 4.69) is 10.3 Å². The molecule has 0 spiro atoms. The van der Waals surface area contributed by atoms with Crippen LogP contribution in [-0.4, -0.2) is 34.8 Å². The van der Waals surface area contributed by atoms with Crippen molar-refractivity contribution < 1.29 is 22.8 Å². The summed E-state index contributed by atoms with van der Waals surface area (Å²) in [6.07, 6.45) is -0.628. The largest absolute Gasteiger partial charge is 0.416 e. The van der Waals surface area contributed by atoms with Crippen molar-refractivity contribution in [3.63, 3.8) is 0 Å². The van der Waals surface area contributed by atoms with Crippen molar-refractivity contribution in [1.82, 2.24) is 9.88 Å². The number of aromatic nitrogens is 1. The average molecular weight is 432 g/mol. The predicted molar refractivity (Wildman–Crippen MR) is 100 cm³/mol. The molecule has 1 aliphatic heterocycles. The van der Waals surface area contributed by atoms with Crippen LogP contribution in [0.25, 0.3) is 0 Å². The Hall–Kier alpha value is -2.13. The van der Waals surface area contributed by atoms with Crippen molar-refractivity contribution in [3.05, 3.63) is 45.4 Å². The normalized spacial score (nSPS) is 15.0. The van der Waals surface area contributed by atoms with Crippen LogP contribution in [-0.2, 0) is 22.2 Å². The number of anilines is 1. The molecule has 1 aromatic heterocycles. The Labute approximate surface area is 168 Å². The van der Waals surface area contributed by atoms with Crippen molar-refractivity contribution >= 4 is 39.9 Å². The lowest BCUT2D eigenvalue weighted by Gasteiger charge is -2.25. The minimum atomic E-state index is -4.45. The van der Waals surface area contributed by atoms with Crippen molar-refractivity contribution in [2.24, 2.45) is 0 Å². The van der Waals surface area contributed by atoms with Crippen molar-refractivity contribution in [3.8, 4) is 0 Å². The molecular formula is C18H17ClF3N3O2S. The van der Waals surface area contributed by atoms with E-state index in [-0.39, 0.29) is 29.8 Å². The van der Waals surface area contributed by atoms with Gasteiger partial charge in [-0.05, 0) is 36.6 Å².